The van der Waals surface area contributed by atoms with Crippen LogP contribution in [0.3, 0.4) is 0 Å². The van der Waals surface area contributed by atoms with E-state index in [0.717, 1.165) is 25.9 Å². The highest BCUT2D eigenvalue weighted by molar-refractivity contribution is 7.92. The summed E-state index contributed by atoms with van der Waals surface area (Å²) in [5, 5.41) is 7.54. The first-order chi connectivity index (χ1) is 18.7. The molecule has 1 aliphatic heterocycles. The van der Waals surface area contributed by atoms with Crippen molar-refractivity contribution in [2.75, 3.05) is 28.9 Å². The van der Waals surface area contributed by atoms with Crippen LogP contribution in [0.25, 0.3) is 22.0 Å². The number of alkyl halides is 3. The summed E-state index contributed by atoms with van der Waals surface area (Å²) >= 11 is 0. The minimum atomic E-state index is -4.87. The average molecular weight is 593 g/mol. The molecule has 1 fully saturated rings. The van der Waals surface area contributed by atoms with E-state index in [9.17, 15) is 21.6 Å². The zero-order valence-electron chi connectivity index (χ0n) is 21.1. The van der Waals surface area contributed by atoms with Crippen molar-refractivity contribution >= 4 is 45.9 Å². The number of halogens is 3. The third kappa shape index (κ3) is 7.31. The fourth-order valence-corrected chi connectivity index (χ4v) is 5.39. The first kappa shape index (κ1) is 29.4. The maximum absolute atomic E-state index is 12.7. The van der Waals surface area contributed by atoms with Gasteiger partial charge in [0, 0.05) is 35.8 Å². The standard InChI is InChI=1S/C26H25F3N6O3S.H2S/c27-26(28,29)16-39(36,37)35-22-9-10-23(19-7-2-1-6-18(19)22)38-24-20(8-4-13-31-24)21-11-14-32-25(34-21)33-17-5-3-12-30-15-17;/h1-2,4,6-11,13-14,17,30,35H,3,5,12,15-16H2,(H,32,33,34);1H2/t17-;/m0./s1. The molecular formula is C26H27F3N6O3S2. The molecule has 3 heterocycles. The topological polar surface area (TPSA) is 118 Å². The lowest BCUT2D eigenvalue weighted by atomic mass is 10.1. The highest BCUT2D eigenvalue weighted by Gasteiger charge is 2.35. The van der Waals surface area contributed by atoms with Gasteiger partial charge in [-0.2, -0.15) is 26.7 Å². The normalized spacial score (nSPS) is 15.7. The second-order valence-corrected chi connectivity index (χ2v) is 10.8. The lowest BCUT2D eigenvalue weighted by Crippen LogP contribution is -2.38. The van der Waals surface area contributed by atoms with Crippen LogP contribution in [0.4, 0.5) is 24.8 Å². The fraction of sp³-hybridized carbons (Fsp3) is 0.269. The first-order valence-corrected chi connectivity index (χ1v) is 13.8. The Bertz CT molecular complexity index is 1580. The molecule has 0 amide bonds. The number of pyridine rings is 1. The Hall–Kier alpha value is -3.62. The van der Waals surface area contributed by atoms with Crippen LogP contribution >= 0.6 is 13.5 Å². The van der Waals surface area contributed by atoms with Gasteiger partial charge in [-0.05, 0) is 49.7 Å². The van der Waals surface area contributed by atoms with Crippen molar-refractivity contribution in [3.05, 3.63) is 67.0 Å². The van der Waals surface area contributed by atoms with Crippen LogP contribution in [0, 0.1) is 0 Å². The average Bonchev–Trinajstić information content (AvgIpc) is 2.90. The van der Waals surface area contributed by atoms with Gasteiger partial charge >= 0.3 is 6.18 Å². The highest BCUT2D eigenvalue weighted by atomic mass is 32.2. The minimum Gasteiger partial charge on any atom is -0.438 e. The van der Waals surface area contributed by atoms with E-state index in [1.54, 1.807) is 54.9 Å². The maximum Gasteiger partial charge on any atom is 0.404 e. The SMILES string of the molecule is O=S(=O)(CC(F)(F)F)Nc1ccc(Oc2ncccc2-c2ccnc(N[C@H]3CCCNC3)n2)c2ccccc12.S. The fourth-order valence-electron chi connectivity index (χ4n) is 4.38. The highest BCUT2D eigenvalue weighted by Crippen LogP contribution is 2.37. The lowest BCUT2D eigenvalue weighted by molar-refractivity contribution is -0.106. The number of anilines is 2. The van der Waals surface area contributed by atoms with Crippen LogP contribution in [0.1, 0.15) is 12.8 Å². The van der Waals surface area contributed by atoms with Crippen molar-refractivity contribution in [2.24, 2.45) is 0 Å². The number of nitrogens with zero attached hydrogens (tertiary/aromatic N) is 3. The van der Waals surface area contributed by atoms with E-state index in [1.807, 2.05) is 4.72 Å². The Labute approximate surface area is 236 Å². The summed E-state index contributed by atoms with van der Waals surface area (Å²) in [5.74, 6) is -0.921. The van der Waals surface area contributed by atoms with Gasteiger partial charge in [-0.25, -0.2) is 23.4 Å². The molecule has 3 N–H and O–H groups in total. The summed E-state index contributed by atoms with van der Waals surface area (Å²) in [6, 6.07) is 15.0. The zero-order valence-corrected chi connectivity index (χ0v) is 22.9. The molecule has 0 spiro atoms. The van der Waals surface area contributed by atoms with E-state index in [1.165, 1.54) is 12.1 Å². The number of benzene rings is 2. The van der Waals surface area contributed by atoms with Gasteiger partial charge in [0.05, 0.1) is 16.9 Å². The molecule has 2 aromatic heterocycles. The van der Waals surface area contributed by atoms with Gasteiger partial charge in [0.15, 0.2) is 5.75 Å². The van der Waals surface area contributed by atoms with Crippen LogP contribution in [-0.4, -0.2) is 54.4 Å². The first-order valence-electron chi connectivity index (χ1n) is 12.2. The van der Waals surface area contributed by atoms with E-state index in [0.29, 0.717) is 33.7 Å². The number of nitrogens with one attached hydrogen (secondary N) is 3. The van der Waals surface area contributed by atoms with Gasteiger partial charge in [0.1, 0.15) is 5.75 Å². The molecule has 2 aromatic carbocycles. The van der Waals surface area contributed by atoms with E-state index in [4.69, 9.17) is 4.74 Å². The van der Waals surface area contributed by atoms with Gasteiger partial charge in [0.2, 0.25) is 21.9 Å². The number of piperidine rings is 1. The summed E-state index contributed by atoms with van der Waals surface area (Å²) in [7, 11) is -4.67. The van der Waals surface area contributed by atoms with Gasteiger partial charge in [-0.1, -0.05) is 24.3 Å². The van der Waals surface area contributed by atoms with Crippen LogP contribution < -0.4 is 20.1 Å². The van der Waals surface area contributed by atoms with E-state index >= 15 is 0 Å². The number of fused-ring (bicyclic) bond motifs is 1. The summed E-state index contributed by atoms with van der Waals surface area (Å²) in [6.45, 7) is 1.81. The predicted molar refractivity (Wildman–Crippen MR) is 153 cm³/mol. The van der Waals surface area contributed by atoms with E-state index < -0.39 is 22.0 Å². The van der Waals surface area contributed by atoms with Gasteiger partial charge < -0.3 is 15.4 Å². The number of sulfonamides is 1. The molecule has 0 radical (unpaired) electrons. The molecule has 0 bridgehead atoms. The molecule has 9 nitrogen and oxygen atoms in total. The monoisotopic (exact) mass is 592 g/mol. The van der Waals surface area contributed by atoms with Crippen LogP contribution in [0.5, 0.6) is 11.6 Å². The van der Waals surface area contributed by atoms with Crippen LogP contribution in [0.2, 0.25) is 0 Å². The Morgan fingerprint density at radius 2 is 1.80 bits per heavy atom. The van der Waals surface area contributed by atoms with Gasteiger partial charge in [-0.3, -0.25) is 4.72 Å². The number of hydrogen-bond donors (Lipinski definition) is 3. The zero-order chi connectivity index (χ0) is 27.5. The quantitative estimate of drug-likeness (QED) is 0.260. The molecule has 0 saturated carbocycles. The van der Waals surface area contributed by atoms with Crippen molar-refractivity contribution in [1.29, 1.82) is 0 Å². The van der Waals surface area contributed by atoms with Gasteiger partial charge in [0.25, 0.3) is 0 Å². The lowest BCUT2D eigenvalue weighted by Gasteiger charge is -2.23. The van der Waals surface area contributed by atoms with Crippen molar-refractivity contribution in [3.63, 3.8) is 0 Å². The summed E-state index contributed by atoms with van der Waals surface area (Å²) in [6.07, 6.45) is 0.416. The number of rotatable bonds is 8. The molecule has 4 aromatic rings. The van der Waals surface area contributed by atoms with Crippen LogP contribution in [-0.2, 0) is 10.0 Å². The third-order valence-electron chi connectivity index (χ3n) is 6.04. The summed E-state index contributed by atoms with van der Waals surface area (Å²) < 4.78 is 70.6. The molecule has 0 aliphatic carbocycles. The smallest absolute Gasteiger partial charge is 0.404 e. The number of hydrogen-bond acceptors (Lipinski definition) is 8. The van der Waals surface area contributed by atoms with Crippen molar-refractivity contribution in [1.82, 2.24) is 20.3 Å². The van der Waals surface area contributed by atoms with Crippen molar-refractivity contribution in [3.8, 4) is 22.9 Å². The van der Waals surface area contributed by atoms with Crippen molar-refractivity contribution < 1.29 is 26.3 Å². The number of ether oxygens (including phenoxy) is 1. The predicted octanol–water partition coefficient (Wildman–Crippen LogP) is 5.06. The molecule has 5 rings (SSSR count). The Morgan fingerprint density at radius 3 is 2.55 bits per heavy atom. The molecule has 1 atom stereocenters. The Morgan fingerprint density at radius 1 is 1.00 bits per heavy atom. The second kappa shape index (κ2) is 12.3. The molecule has 1 aliphatic rings. The Kier molecular flexibility index (Phi) is 9.01. The second-order valence-electron chi connectivity index (χ2n) is 9.04. The third-order valence-corrected chi connectivity index (χ3v) is 7.28. The maximum atomic E-state index is 12.7. The molecule has 0 unspecified atom stereocenters. The Balaban J connectivity index is 0.00000370. The summed E-state index contributed by atoms with van der Waals surface area (Å²) in [4.78, 5) is 13.4. The van der Waals surface area contributed by atoms with Crippen LogP contribution in [0.15, 0.2) is 67.0 Å². The van der Waals surface area contributed by atoms with Crippen molar-refractivity contribution in [2.45, 2.75) is 25.1 Å². The molecular weight excluding hydrogens is 565 g/mol. The number of aromatic nitrogens is 3. The molecule has 14 heteroatoms. The van der Waals surface area contributed by atoms with E-state index in [-0.39, 0.29) is 31.1 Å². The minimum absolute atomic E-state index is 0. The van der Waals surface area contributed by atoms with Gasteiger partial charge in [-0.15, -0.1) is 0 Å². The molecule has 40 heavy (non-hydrogen) atoms. The molecule has 212 valence electrons. The molecule has 1 saturated heterocycles. The summed E-state index contributed by atoms with van der Waals surface area (Å²) in [5.41, 5.74) is 1.19. The largest absolute Gasteiger partial charge is 0.438 e. The van der Waals surface area contributed by atoms with E-state index in [2.05, 4.69) is 25.6 Å².